The standard InChI is InChI=1S/C32H25N5O6S2/c1-20(29(38)36-32-35-28(19-44-32)22-10-5-12-24(16-22)37(41)42)45-26-14-6-11-23(17-26)33-31(40)27(18-25-13-7-15-43-25)34-30(39)21-8-3-2-4-9-21/h2-20H,1H3,(H,33,40)(H,34,39)(H,35,36,38)/b27-18-. The fourth-order valence-electron chi connectivity index (χ4n) is 4.01. The molecule has 0 aliphatic heterocycles. The molecule has 0 radical (unpaired) electrons. The Morgan fingerprint density at radius 1 is 0.978 bits per heavy atom. The number of nitrogens with one attached hydrogen (secondary N) is 3. The lowest BCUT2D eigenvalue weighted by atomic mass is 10.1. The molecule has 0 fully saturated rings. The highest BCUT2D eigenvalue weighted by molar-refractivity contribution is 8.00. The van der Waals surface area contributed by atoms with Crippen molar-refractivity contribution in [1.29, 1.82) is 0 Å². The number of anilines is 2. The predicted octanol–water partition coefficient (Wildman–Crippen LogP) is 6.84. The first-order valence-corrected chi connectivity index (χ1v) is 15.2. The van der Waals surface area contributed by atoms with E-state index in [0.29, 0.717) is 33.4 Å². The Hall–Kier alpha value is -5.53. The van der Waals surface area contributed by atoms with Crippen LogP contribution < -0.4 is 16.0 Å². The fraction of sp³-hybridized carbons (Fsp3) is 0.0625. The van der Waals surface area contributed by atoms with E-state index in [1.165, 1.54) is 47.6 Å². The van der Waals surface area contributed by atoms with Crippen molar-refractivity contribution in [2.75, 3.05) is 10.6 Å². The number of rotatable bonds is 11. The second-order valence-corrected chi connectivity index (χ2v) is 11.7. The number of nitrogens with zero attached hydrogens (tertiary/aromatic N) is 2. The third kappa shape index (κ3) is 8.31. The van der Waals surface area contributed by atoms with Gasteiger partial charge in [-0.25, -0.2) is 4.98 Å². The normalized spacial score (nSPS) is 11.8. The van der Waals surface area contributed by atoms with Crippen molar-refractivity contribution in [3.8, 4) is 11.3 Å². The maximum Gasteiger partial charge on any atom is 0.272 e. The molecule has 45 heavy (non-hydrogen) atoms. The van der Waals surface area contributed by atoms with Crippen LogP contribution in [0, 0.1) is 10.1 Å². The van der Waals surface area contributed by atoms with Gasteiger partial charge in [-0.2, -0.15) is 0 Å². The van der Waals surface area contributed by atoms with Crippen LogP contribution in [0.3, 0.4) is 0 Å². The molecule has 0 aliphatic rings. The van der Waals surface area contributed by atoms with Gasteiger partial charge >= 0.3 is 0 Å². The summed E-state index contributed by atoms with van der Waals surface area (Å²) >= 11 is 2.49. The summed E-state index contributed by atoms with van der Waals surface area (Å²) in [6.07, 6.45) is 2.90. The van der Waals surface area contributed by atoms with Crippen molar-refractivity contribution in [3.05, 3.63) is 130 Å². The monoisotopic (exact) mass is 639 g/mol. The minimum atomic E-state index is -0.563. The summed E-state index contributed by atoms with van der Waals surface area (Å²) in [5.74, 6) is -0.922. The average molecular weight is 640 g/mol. The minimum Gasteiger partial charge on any atom is -0.465 e. The number of furan rings is 1. The second-order valence-electron chi connectivity index (χ2n) is 9.47. The number of non-ortho nitro benzene ring substituents is 1. The highest BCUT2D eigenvalue weighted by atomic mass is 32.2. The van der Waals surface area contributed by atoms with Crippen molar-refractivity contribution in [2.24, 2.45) is 0 Å². The summed E-state index contributed by atoms with van der Waals surface area (Å²) in [4.78, 5) is 54.7. The molecule has 1 unspecified atom stereocenters. The van der Waals surface area contributed by atoms with E-state index >= 15 is 0 Å². The average Bonchev–Trinajstić information content (AvgIpc) is 3.74. The number of thioether (sulfide) groups is 1. The maximum absolute atomic E-state index is 13.3. The minimum absolute atomic E-state index is 0.0162. The highest BCUT2D eigenvalue weighted by Crippen LogP contribution is 2.30. The van der Waals surface area contributed by atoms with Gasteiger partial charge in [-0.05, 0) is 49.4 Å². The van der Waals surface area contributed by atoms with Crippen LogP contribution in [-0.2, 0) is 9.59 Å². The van der Waals surface area contributed by atoms with Gasteiger partial charge in [0, 0.05) is 45.3 Å². The van der Waals surface area contributed by atoms with Crippen LogP contribution in [0.4, 0.5) is 16.5 Å². The van der Waals surface area contributed by atoms with Crippen molar-refractivity contribution >= 4 is 63.4 Å². The SMILES string of the molecule is CC(Sc1cccc(NC(=O)/C(=C/c2ccco2)NC(=O)c2ccccc2)c1)C(=O)Nc1nc(-c2cccc([N+](=O)[O-])c2)cs1. The van der Waals surface area contributed by atoms with E-state index in [4.69, 9.17) is 4.42 Å². The van der Waals surface area contributed by atoms with E-state index in [1.54, 1.807) is 85.1 Å². The van der Waals surface area contributed by atoms with Crippen molar-refractivity contribution < 1.29 is 23.7 Å². The Bertz CT molecular complexity index is 1870. The molecule has 5 rings (SSSR count). The van der Waals surface area contributed by atoms with Crippen LogP contribution >= 0.6 is 23.1 Å². The van der Waals surface area contributed by atoms with Gasteiger partial charge in [-0.15, -0.1) is 23.1 Å². The third-order valence-electron chi connectivity index (χ3n) is 6.22. The number of carbonyl (C=O) groups is 3. The van der Waals surface area contributed by atoms with Gasteiger partial charge in [0.1, 0.15) is 11.5 Å². The Morgan fingerprint density at radius 3 is 2.53 bits per heavy atom. The van der Waals surface area contributed by atoms with E-state index in [1.807, 2.05) is 6.07 Å². The topological polar surface area (TPSA) is 156 Å². The second kappa shape index (κ2) is 14.3. The van der Waals surface area contributed by atoms with E-state index < -0.39 is 22.0 Å². The molecule has 13 heteroatoms. The van der Waals surface area contributed by atoms with Crippen LogP contribution in [0.1, 0.15) is 23.0 Å². The number of thiazole rings is 1. The molecule has 0 bridgehead atoms. The van der Waals surface area contributed by atoms with Gasteiger partial charge in [-0.3, -0.25) is 24.5 Å². The number of aromatic nitrogens is 1. The Morgan fingerprint density at radius 2 is 1.78 bits per heavy atom. The molecule has 2 heterocycles. The lowest BCUT2D eigenvalue weighted by Gasteiger charge is -2.13. The predicted molar refractivity (Wildman–Crippen MR) is 174 cm³/mol. The molecule has 5 aromatic rings. The van der Waals surface area contributed by atoms with Crippen LogP contribution in [0.25, 0.3) is 17.3 Å². The molecule has 11 nitrogen and oxygen atoms in total. The first kappa shape index (κ1) is 30.9. The number of nitro benzene ring substituents is 1. The van der Waals surface area contributed by atoms with Crippen LogP contribution in [0.15, 0.2) is 118 Å². The zero-order valence-corrected chi connectivity index (χ0v) is 25.3. The molecule has 0 aliphatic carbocycles. The van der Waals surface area contributed by atoms with E-state index in [-0.39, 0.29) is 17.3 Å². The molecule has 0 saturated heterocycles. The molecule has 0 saturated carbocycles. The summed E-state index contributed by atoms with van der Waals surface area (Å²) in [5.41, 5.74) is 1.87. The highest BCUT2D eigenvalue weighted by Gasteiger charge is 2.19. The quantitative estimate of drug-likeness (QED) is 0.0614. The first-order valence-electron chi connectivity index (χ1n) is 13.5. The van der Waals surface area contributed by atoms with Crippen molar-refractivity contribution in [1.82, 2.24) is 10.3 Å². The summed E-state index contributed by atoms with van der Waals surface area (Å²) < 4.78 is 5.34. The molecular formula is C32H25N5O6S2. The van der Waals surface area contributed by atoms with Gasteiger partial charge in [0.15, 0.2) is 5.13 Å². The smallest absolute Gasteiger partial charge is 0.272 e. The van der Waals surface area contributed by atoms with Crippen molar-refractivity contribution in [2.45, 2.75) is 17.1 Å². The number of amides is 3. The first-order chi connectivity index (χ1) is 21.7. The Balaban J connectivity index is 1.22. The van der Waals surface area contributed by atoms with Gasteiger partial charge in [-0.1, -0.05) is 36.4 Å². The van der Waals surface area contributed by atoms with Gasteiger partial charge in [0.25, 0.3) is 17.5 Å². The van der Waals surface area contributed by atoms with Crippen molar-refractivity contribution in [3.63, 3.8) is 0 Å². The number of hydrogen-bond acceptors (Lipinski definition) is 9. The molecule has 1 atom stereocenters. The molecule has 3 N–H and O–H groups in total. The summed E-state index contributed by atoms with van der Waals surface area (Å²) in [5, 5.41) is 20.9. The summed E-state index contributed by atoms with van der Waals surface area (Å²) in [6, 6.07) is 24.9. The zero-order valence-electron chi connectivity index (χ0n) is 23.6. The van der Waals surface area contributed by atoms with Crippen LogP contribution in [-0.4, -0.2) is 32.9 Å². The van der Waals surface area contributed by atoms with E-state index in [2.05, 4.69) is 20.9 Å². The fourth-order valence-corrected chi connectivity index (χ4v) is 5.66. The Kier molecular flexibility index (Phi) is 9.82. The van der Waals surface area contributed by atoms with Gasteiger partial charge < -0.3 is 20.4 Å². The van der Waals surface area contributed by atoms with E-state index in [9.17, 15) is 24.5 Å². The van der Waals surface area contributed by atoms with Crippen LogP contribution in [0.5, 0.6) is 0 Å². The summed E-state index contributed by atoms with van der Waals surface area (Å²) in [7, 11) is 0. The molecule has 3 aromatic carbocycles. The molecule has 2 aromatic heterocycles. The lowest BCUT2D eigenvalue weighted by molar-refractivity contribution is -0.384. The lowest BCUT2D eigenvalue weighted by Crippen LogP contribution is -2.30. The number of hydrogen-bond donors (Lipinski definition) is 3. The molecule has 0 spiro atoms. The molecule has 3 amide bonds. The molecular weight excluding hydrogens is 615 g/mol. The maximum atomic E-state index is 13.3. The Labute approximate surface area is 265 Å². The zero-order chi connectivity index (χ0) is 31.8. The number of carbonyl (C=O) groups excluding carboxylic acids is 3. The van der Waals surface area contributed by atoms with Gasteiger partial charge in [0.05, 0.1) is 22.1 Å². The van der Waals surface area contributed by atoms with Gasteiger partial charge in [0.2, 0.25) is 5.91 Å². The number of nitro groups is 1. The molecule has 226 valence electrons. The largest absolute Gasteiger partial charge is 0.465 e. The van der Waals surface area contributed by atoms with E-state index in [0.717, 1.165) is 4.90 Å². The third-order valence-corrected chi connectivity index (χ3v) is 8.07. The summed E-state index contributed by atoms with van der Waals surface area (Å²) in [6.45, 7) is 1.74. The van der Waals surface area contributed by atoms with Crippen LogP contribution in [0.2, 0.25) is 0 Å². The number of benzene rings is 3.